The predicted octanol–water partition coefficient (Wildman–Crippen LogP) is 2.86. The summed E-state index contributed by atoms with van der Waals surface area (Å²) < 4.78 is 5.15. The highest BCUT2D eigenvalue weighted by atomic mass is 16.5. The molecule has 3 rings (SSSR count). The van der Waals surface area contributed by atoms with E-state index in [4.69, 9.17) is 4.74 Å². The van der Waals surface area contributed by atoms with Crippen molar-refractivity contribution < 1.29 is 14.6 Å². The van der Waals surface area contributed by atoms with E-state index in [1.54, 1.807) is 7.11 Å². The van der Waals surface area contributed by atoms with E-state index in [1.165, 1.54) is 5.56 Å². The molecule has 2 atom stereocenters. The molecule has 2 aromatic rings. The van der Waals surface area contributed by atoms with Gasteiger partial charge < -0.3 is 14.7 Å². The molecule has 4 nitrogen and oxygen atoms in total. The van der Waals surface area contributed by atoms with Crippen LogP contribution in [0.25, 0.3) is 0 Å². The summed E-state index contributed by atoms with van der Waals surface area (Å²) in [6.07, 6.45) is 1.28. The van der Waals surface area contributed by atoms with E-state index < -0.39 is 0 Å². The number of rotatable bonds is 5. The molecule has 4 heteroatoms. The average Bonchev–Trinajstić information content (AvgIpc) is 2.68. The molecule has 1 amide bonds. The van der Waals surface area contributed by atoms with Gasteiger partial charge in [0.1, 0.15) is 5.75 Å². The first-order valence-corrected chi connectivity index (χ1v) is 8.77. The first-order valence-electron chi connectivity index (χ1n) is 8.77. The second-order valence-electron chi connectivity index (χ2n) is 6.61. The highest BCUT2D eigenvalue weighted by Crippen LogP contribution is 2.33. The topological polar surface area (TPSA) is 49.8 Å². The van der Waals surface area contributed by atoms with E-state index in [1.807, 2.05) is 47.4 Å². The summed E-state index contributed by atoms with van der Waals surface area (Å²) in [6, 6.07) is 17.9. The van der Waals surface area contributed by atoms with Crippen molar-refractivity contribution >= 4 is 5.91 Å². The van der Waals surface area contributed by atoms with Crippen LogP contribution in [0, 0.1) is 5.92 Å². The maximum atomic E-state index is 12.6. The molecule has 1 heterocycles. The lowest BCUT2D eigenvalue weighted by molar-refractivity contribution is -0.132. The van der Waals surface area contributed by atoms with Crippen LogP contribution in [0.5, 0.6) is 5.75 Å². The predicted molar refractivity (Wildman–Crippen MR) is 97.7 cm³/mol. The normalized spacial score (nSPS) is 20.3. The molecule has 0 spiro atoms. The van der Waals surface area contributed by atoms with Crippen LogP contribution >= 0.6 is 0 Å². The molecule has 1 fully saturated rings. The largest absolute Gasteiger partial charge is 0.497 e. The Morgan fingerprint density at radius 3 is 2.52 bits per heavy atom. The van der Waals surface area contributed by atoms with Gasteiger partial charge in [0.2, 0.25) is 5.91 Å². The molecule has 0 radical (unpaired) electrons. The van der Waals surface area contributed by atoms with E-state index in [-0.39, 0.29) is 18.4 Å². The first-order chi connectivity index (χ1) is 12.2. The fraction of sp³-hybridized carbons (Fsp3) is 0.381. The van der Waals surface area contributed by atoms with Gasteiger partial charge in [-0.05, 0) is 35.6 Å². The van der Waals surface area contributed by atoms with Crippen molar-refractivity contribution in [1.29, 1.82) is 0 Å². The minimum atomic E-state index is 0.0935. The number of carbonyl (C=O) groups is 1. The zero-order valence-corrected chi connectivity index (χ0v) is 14.6. The summed E-state index contributed by atoms with van der Waals surface area (Å²) in [5, 5.41) is 9.82. The van der Waals surface area contributed by atoms with E-state index in [0.29, 0.717) is 18.9 Å². The fourth-order valence-electron chi connectivity index (χ4n) is 3.61. The van der Waals surface area contributed by atoms with Crippen LogP contribution < -0.4 is 4.74 Å². The van der Waals surface area contributed by atoms with Crippen molar-refractivity contribution in [3.05, 3.63) is 65.7 Å². The summed E-state index contributed by atoms with van der Waals surface area (Å²) >= 11 is 0. The van der Waals surface area contributed by atoms with Gasteiger partial charge >= 0.3 is 0 Å². The second kappa shape index (κ2) is 8.17. The number of likely N-dealkylation sites (tertiary alicyclic amines) is 1. The minimum Gasteiger partial charge on any atom is -0.497 e. The van der Waals surface area contributed by atoms with Crippen LogP contribution in [-0.4, -0.2) is 42.7 Å². The number of piperidine rings is 1. The van der Waals surface area contributed by atoms with Gasteiger partial charge in [0.25, 0.3) is 0 Å². The first kappa shape index (κ1) is 17.5. The number of ether oxygens (including phenoxy) is 1. The van der Waals surface area contributed by atoms with Crippen LogP contribution in [-0.2, 0) is 11.2 Å². The van der Waals surface area contributed by atoms with Crippen molar-refractivity contribution in [2.75, 3.05) is 26.8 Å². The molecule has 1 aliphatic rings. The van der Waals surface area contributed by atoms with Gasteiger partial charge in [-0.15, -0.1) is 0 Å². The molecule has 2 aromatic carbocycles. The third-order valence-corrected chi connectivity index (χ3v) is 5.06. The Hall–Kier alpha value is -2.33. The van der Waals surface area contributed by atoms with E-state index in [9.17, 15) is 9.90 Å². The number of hydrogen-bond donors (Lipinski definition) is 1. The monoisotopic (exact) mass is 339 g/mol. The maximum Gasteiger partial charge on any atom is 0.227 e. The average molecular weight is 339 g/mol. The molecule has 1 aliphatic heterocycles. The van der Waals surface area contributed by atoms with Crippen molar-refractivity contribution in [3.8, 4) is 5.75 Å². The molecule has 1 saturated heterocycles. The van der Waals surface area contributed by atoms with Crippen molar-refractivity contribution in [2.24, 2.45) is 5.92 Å². The Morgan fingerprint density at radius 1 is 1.16 bits per heavy atom. The Morgan fingerprint density at radius 2 is 1.88 bits per heavy atom. The van der Waals surface area contributed by atoms with Crippen LogP contribution in [0.15, 0.2) is 54.6 Å². The van der Waals surface area contributed by atoms with E-state index in [2.05, 4.69) is 12.1 Å². The van der Waals surface area contributed by atoms with Gasteiger partial charge in [-0.2, -0.15) is 0 Å². The third kappa shape index (κ3) is 4.20. The standard InChI is InChI=1S/C21H25NO3/c1-25-19-9-7-16(8-10-19)13-21(24)22-12-11-20(18(14-22)15-23)17-5-3-2-4-6-17/h2-10,18,20,23H,11-15H2,1H3/t18-,20+/m1/s1. The van der Waals surface area contributed by atoms with Gasteiger partial charge in [0.15, 0.2) is 0 Å². The van der Waals surface area contributed by atoms with Gasteiger partial charge in [-0.1, -0.05) is 42.5 Å². The summed E-state index contributed by atoms with van der Waals surface area (Å²) in [6.45, 7) is 1.46. The van der Waals surface area contributed by atoms with Crippen molar-refractivity contribution in [2.45, 2.75) is 18.8 Å². The Balaban J connectivity index is 1.63. The van der Waals surface area contributed by atoms with Gasteiger partial charge in [0.05, 0.1) is 13.5 Å². The number of benzene rings is 2. The fourth-order valence-corrected chi connectivity index (χ4v) is 3.61. The number of aliphatic hydroxyl groups excluding tert-OH is 1. The molecule has 0 saturated carbocycles. The Labute approximate surface area is 149 Å². The zero-order valence-electron chi connectivity index (χ0n) is 14.6. The molecule has 0 aromatic heterocycles. The Kier molecular flexibility index (Phi) is 5.71. The maximum absolute atomic E-state index is 12.6. The number of nitrogens with zero attached hydrogens (tertiary/aromatic N) is 1. The molecule has 0 aliphatic carbocycles. The van der Waals surface area contributed by atoms with Crippen molar-refractivity contribution in [3.63, 3.8) is 0 Å². The van der Waals surface area contributed by atoms with E-state index in [0.717, 1.165) is 24.3 Å². The summed E-state index contributed by atoms with van der Waals surface area (Å²) in [7, 11) is 1.63. The molecule has 132 valence electrons. The molecular weight excluding hydrogens is 314 g/mol. The van der Waals surface area contributed by atoms with Crippen LogP contribution in [0.3, 0.4) is 0 Å². The third-order valence-electron chi connectivity index (χ3n) is 5.06. The van der Waals surface area contributed by atoms with Gasteiger partial charge in [-0.3, -0.25) is 4.79 Å². The summed E-state index contributed by atoms with van der Waals surface area (Å²) in [5.41, 5.74) is 2.24. The number of methoxy groups -OCH3 is 1. The number of amides is 1. The quantitative estimate of drug-likeness (QED) is 0.911. The lowest BCUT2D eigenvalue weighted by Crippen LogP contribution is -2.44. The van der Waals surface area contributed by atoms with Crippen LogP contribution in [0.2, 0.25) is 0 Å². The summed E-state index contributed by atoms with van der Waals surface area (Å²) in [4.78, 5) is 14.5. The second-order valence-corrected chi connectivity index (χ2v) is 6.61. The number of aliphatic hydroxyl groups is 1. The van der Waals surface area contributed by atoms with Gasteiger partial charge in [-0.25, -0.2) is 0 Å². The number of hydrogen-bond acceptors (Lipinski definition) is 3. The summed E-state index contributed by atoms with van der Waals surface area (Å²) in [5.74, 6) is 1.32. The van der Waals surface area contributed by atoms with Crippen molar-refractivity contribution in [1.82, 2.24) is 4.90 Å². The molecule has 1 N–H and O–H groups in total. The highest BCUT2D eigenvalue weighted by Gasteiger charge is 2.31. The number of carbonyl (C=O) groups excluding carboxylic acids is 1. The SMILES string of the molecule is COc1ccc(CC(=O)N2CC[C@@H](c3ccccc3)[C@@H](CO)C2)cc1. The highest BCUT2D eigenvalue weighted by molar-refractivity contribution is 5.79. The smallest absolute Gasteiger partial charge is 0.227 e. The van der Waals surface area contributed by atoms with Crippen LogP contribution in [0.1, 0.15) is 23.5 Å². The molecule has 0 unspecified atom stereocenters. The molecule has 25 heavy (non-hydrogen) atoms. The minimum absolute atomic E-state index is 0.0935. The lowest BCUT2D eigenvalue weighted by atomic mass is 9.81. The Bertz CT molecular complexity index is 684. The molecule has 0 bridgehead atoms. The molecular formula is C21H25NO3. The zero-order chi connectivity index (χ0) is 17.6. The van der Waals surface area contributed by atoms with Gasteiger partial charge in [0, 0.05) is 25.6 Å². The van der Waals surface area contributed by atoms with E-state index >= 15 is 0 Å². The van der Waals surface area contributed by atoms with Crippen LogP contribution in [0.4, 0.5) is 0 Å². The lowest BCUT2D eigenvalue weighted by Gasteiger charge is -2.38.